The van der Waals surface area contributed by atoms with Crippen molar-refractivity contribution in [1.82, 2.24) is 0 Å². The molecule has 94 valence electrons. The van der Waals surface area contributed by atoms with Crippen molar-refractivity contribution in [2.45, 2.75) is 19.4 Å². The Kier molecular flexibility index (Phi) is 3.86. The number of fused-ring (bicyclic) bond motifs is 1. The number of aliphatic hydroxyl groups excluding tert-OH is 1. The van der Waals surface area contributed by atoms with E-state index in [2.05, 4.69) is 11.8 Å². The summed E-state index contributed by atoms with van der Waals surface area (Å²) >= 11 is 0. The molecule has 1 unspecified atom stereocenters. The summed E-state index contributed by atoms with van der Waals surface area (Å²) in [6.07, 6.45) is 0.508. The summed E-state index contributed by atoms with van der Waals surface area (Å²) in [6, 6.07) is 5.79. The lowest BCUT2D eigenvalue weighted by atomic mass is 10.1. The molecule has 1 heterocycles. The molecule has 0 saturated heterocycles. The van der Waals surface area contributed by atoms with Crippen molar-refractivity contribution in [3.63, 3.8) is 0 Å². The normalized spacial score (nSPS) is 16.3. The first kappa shape index (κ1) is 12.2. The third-order valence-electron chi connectivity index (χ3n) is 3.04. The van der Waals surface area contributed by atoms with E-state index in [1.807, 2.05) is 18.2 Å². The number of benzene rings is 1. The van der Waals surface area contributed by atoms with Crippen LogP contribution in [0.4, 0.5) is 5.69 Å². The van der Waals surface area contributed by atoms with Crippen molar-refractivity contribution in [2.75, 3.05) is 31.1 Å². The van der Waals surface area contributed by atoms with Crippen LogP contribution in [0, 0.1) is 0 Å². The molecule has 0 bridgehead atoms. The molecule has 2 rings (SSSR count). The minimum atomic E-state index is -0.592. The van der Waals surface area contributed by atoms with Crippen molar-refractivity contribution >= 4 is 5.69 Å². The van der Waals surface area contributed by atoms with Gasteiger partial charge >= 0.3 is 0 Å². The molecule has 17 heavy (non-hydrogen) atoms. The Morgan fingerprint density at radius 3 is 3.06 bits per heavy atom. The molecular weight excluding hydrogens is 216 g/mol. The van der Waals surface area contributed by atoms with Crippen LogP contribution in [0.5, 0.6) is 5.75 Å². The zero-order valence-electron chi connectivity index (χ0n) is 10.2. The maximum Gasteiger partial charge on any atom is 0.142 e. The lowest BCUT2D eigenvalue weighted by Gasteiger charge is -2.31. The number of rotatable bonds is 4. The lowest BCUT2D eigenvalue weighted by molar-refractivity contribution is 0.186. The molecule has 0 amide bonds. The van der Waals surface area contributed by atoms with Crippen LogP contribution < -0.4 is 15.4 Å². The van der Waals surface area contributed by atoms with E-state index in [4.69, 9.17) is 10.5 Å². The zero-order chi connectivity index (χ0) is 12.3. The topological polar surface area (TPSA) is 58.7 Å². The Morgan fingerprint density at radius 2 is 2.35 bits per heavy atom. The molecule has 0 spiro atoms. The smallest absolute Gasteiger partial charge is 0.142 e. The van der Waals surface area contributed by atoms with Crippen LogP contribution in [-0.4, -0.2) is 31.3 Å². The van der Waals surface area contributed by atoms with Gasteiger partial charge in [0.25, 0.3) is 0 Å². The van der Waals surface area contributed by atoms with E-state index in [0.29, 0.717) is 0 Å². The molecule has 1 aliphatic heterocycles. The Morgan fingerprint density at radius 1 is 1.53 bits per heavy atom. The highest BCUT2D eigenvalue weighted by molar-refractivity contribution is 5.61. The van der Waals surface area contributed by atoms with Gasteiger partial charge in [-0.05, 0) is 24.1 Å². The molecule has 4 nitrogen and oxygen atoms in total. The molecule has 3 N–H and O–H groups in total. The standard InChI is InChI=1S/C13H20N2O2/c1-2-5-15-6-7-17-13-4-3-10(8-11(13)15)12(16)9-14/h3-4,8,12,16H,2,5-7,9,14H2,1H3. The fourth-order valence-electron chi connectivity index (χ4n) is 2.14. The Balaban J connectivity index is 2.30. The monoisotopic (exact) mass is 236 g/mol. The fourth-order valence-corrected chi connectivity index (χ4v) is 2.14. The largest absolute Gasteiger partial charge is 0.490 e. The SMILES string of the molecule is CCCN1CCOc2ccc(C(O)CN)cc21. The van der Waals surface area contributed by atoms with E-state index in [-0.39, 0.29) is 6.54 Å². The highest BCUT2D eigenvalue weighted by atomic mass is 16.5. The minimum absolute atomic E-state index is 0.243. The average molecular weight is 236 g/mol. The predicted molar refractivity (Wildman–Crippen MR) is 68.5 cm³/mol. The maximum absolute atomic E-state index is 9.76. The Bertz CT molecular complexity index is 382. The van der Waals surface area contributed by atoms with Gasteiger partial charge in [-0.2, -0.15) is 0 Å². The maximum atomic E-state index is 9.76. The number of aliphatic hydroxyl groups is 1. The fraction of sp³-hybridized carbons (Fsp3) is 0.538. The van der Waals surface area contributed by atoms with E-state index in [9.17, 15) is 5.11 Å². The summed E-state index contributed by atoms with van der Waals surface area (Å²) in [6.45, 7) is 5.05. The van der Waals surface area contributed by atoms with Gasteiger partial charge in [0.05, 0.1) is 18.3 Å². The summed E-state index contributed by atoms with van der Waals surface area (Å²) in [5, 5.41) is 9.76. The molecular formula is C13H20N2O2. The second-order valence-electron chi connectivity index (χ2n) is 4.31. The summed E-state index contributed by atoms with van der Waals surface area (Å²) in [7, 11) is 0. The van der Waals surface area contributed by atoms with E-state index < -0.39 is 6.10 Å². The van der Waals surface area contributed by atoms with Gasteiger partial charge < -0.3 is 20.5 Å². The summed E-state index contributed by atoms with van der Waals surface area (Å²) in [5.74, 6) is 0.901. The second-order valence-corrected chi connectivity index (χ2v) is 4.31. The highest BCUT2D eigenvalue weighted by Crippen LogP contribution is 2.33. The summed E-state index contributed by atoms with van der Waals surface area (Å²) in [4.78, 5) is 2.30. The average Bonchev–Trinajstić information content (AvgIpc) is 2.38. The predicted octanol–water partition coefficient (Wildman–Crippen LogP) is 1.29. The molecule has 0 fully saturated rings. The van der Waals surface area contributed by atoms with Crippen LogP contribution in [-0.2, 0) is 0 Å². The molecule has 4 heteroatoms. The summed E-state index contributed by atoms with van der Waals surface area (Å²) in [5.41, 5.74) is 7.41. The minimum Gasteiger partial charge on any atom is -0.490 e. The first-order chi connectivity index (χ1) is 8.26. The van der Waals surface area contributed by atoms with Crippen molar-refractivity contribution in [3.05, 3.63) is 23.8 Å². The number of nitrogens with zero attached hydrogens (tertiary/aromatic N) is 1. The van der Waals surface area contributed by atoms with Gasteiger partial charge in [-0.3, -0.25) is 0 Å². The van der Waals surface area contributed by atoms with Crippen LogP contribution in [0.2, 0.25) is 0 Å². The number of hydrogen-bond donors (Lipinski definition) is 2. The number of hydrogen-bond acceptors (Lipinski definition) is 4. The van der Waals surface area contributed by atoms with Crippen molar-refractivity contribution in [2.24, 2.45) is 5.73 Å². The molecule has 0 radical (unpaired) electrons. The van der Waals surface area contributed by atoms with Gasteiger partial charge in [0, 0.05) is 13.1 Å². The third-order valence-corrected chi connectivity index (χ3v) is 3.04. The van der Waals surface area contributed by atoms with E-state index in [1.165, 1.54) is 0 Å². The highest BCUT2D eigenvalue weighted by Gasteiger charge is 2.19. The lowest BCUT2D eigenvalue weighted by Crippen LogP contribution is -2.33. The quantitative estimate of drug-likeness (QED) is 0.827. The Hall–Kier alpha value is -1.26. The molecule has 0 saturated carbocycles. The number of nitrogens with two attached hydrogens (primary N) is 1. The first-order valence-electron chi connectivity index (χ1n) is 6.16. The van der Waals surface area contributed by atoms with Crippen LogP contribution in [0.25, 0.3) is 0 Å². The van der Waals surface area contributed by atoms with Gasteiger partial charge in [-0.1, -0.05) is 13.0 Å². The first-order valence-corrected chi connectivity index (χ1v) is 6.16. The van der Waals surface area contributed by atoms with Crippen LogP contribution in [0.15, 0.2) is 18.2 Å². The van der Waals surface area contributed by atoms with Crippen molar-refractivity contribution < 1.29 is 9.84 Å². The number of anilines is 1. The van der Waals surface area contributed by atoms with Crippen LogP contribution >= 0.6 is 0 Å². The van der Waals surface area contributed by atoms with Crippen molar-refractivity contribution in [3.8, 4) is 5.75 Å². The van der Waals surface area contributed by atoms with E-state index >= 15 is 0 Å². The molecule has 0 aliphatic carbocycles. The Labute approximate surface area is 102 Å². The van der Waals surface area contributed by atoms with E-state index in [1.54, 1.807) is 0 Å². The van der Waals surface area contributed by atoms with Gasteiger partial charge in [0.2, 0.25) is 0 Å². The number of ether oxygens (including phenoxy) is 1. The van der Waals surface area contributed by atoms with Gasteiger partial charge in [-0.15, -0.1) is 0 Å². The van der Waals surface area contributed by atoms with Gasteiger partial charge in [-0.25, -0.2) is 0 Å². The van der Waals surface area contributed by atoms with E-state index in [0.717, 1.165) is 43.1 Å². The van der Waals surface area contributed by atoms with Gasteiger partial charge in [0.1, 0.15) is 12.4 Å². The molecule has 0 aromatic heterocycles. The third kappa shape index (κ3) is 2.53. The molecule has 1 aromatic rings. The zero-order valence-corrected chi connectivity index (χ0v) is 10.2. The van der Waals surface area contributed by atoms with Gasteiger partial charge in [0.15, 0.2) is 0 Å². The van der Waals surface area contributed by atoms with Crippen molar-refractivity contribution in [1.29, 1.82) is 0 Å². The van der Waals surface area contributed by atoms with Crippen LogP contribution in [0.1, 0.15) is 25.0 Å². The van der Waals surface area contributed by atoms with Crippen LogP contribution in [0.3, 0.4) is 0 Å². The molecule has 1 atom stereocenters. The second kappa shape index (κ2) is 5.38. The molecule has 1 aromatic carbocycles. The summed E-state index contributed by atoms with van der Waals surface area (Å²) < 4.78 is 5.61. The molecule has 1 aliphatic rings.